The van der Waals surface area contributed by atoms with Crippen LogP contribution in [0.5, 0.6) is 0 Å². The summed E-state index contributed by atoms with van der Waals surface area (Å²) in [5, 5.41) is 14.3. The molecular formula is C11H18N2O3. The molecule has 2 unspecified atom stereocenters. The molecule has 5 nitrogen and oxygen atoms in total. The fourth-order valence-corrected chi connectivity index (χ4v) is 1.53. The van der Waals surface area contributed by atoms with Crippen LogP contribution in [0.25, 0.3) is 0 Å². The van der Waals surface area contributed by atoms with Gasteiger partial charge in [0.2, 0.25) is 0 Å². The van der Waals surface area contributed by atoms with Crippen LogP contribution in [0.4, 0.5) is 4.79 Å². The van der Waals surface area contributed by atoms with Crippen LogP contribution in [0.3, 0.4) is 0 Å². The Labute approximate surface area is 94.9 Å². The summed E-state index contributed by atoms with van der Waals surface area (Å²) in [5.41, 5.74) is -0.293. The quantitative estimate of drug-likeness (QED) is 0.617. The SMILES string of the molecule is CC(C)(C)NC(=O)NC1C=CC(C(=O)O)C1. The summed E-state index contributed by atoms with van der Waals surface area (Å²) in [7, 11) is 0. The molecule has 0 aromatic rings. The zero-order valence-electron chi connectivity index (χ0n) is 9.78. The summed E-state index contributed by atoms with van der Waals surface area (Å²) in [6, 6.07) is -0.461. The minimum atomic E-state index is -0.850. The number of hydrogen-bond donors (Lipinski definition) is 3. The van der Waals surface area contributed by atoms with Crippen molar-refractivity contribution >= 4 is 12.0 Å². The van der Waals surface area contributed by atoms with Crippen molar-refractivity contribution in [3.05, 3.63) is 12.2 Å². The lowest BCUT2D eigenvalue weighted by Crippen LogP contribution is -2.49. The lowest BCUT2D eigenvalue weighted by atomic mass is 10.1. The molecule has 16 heavy (non-hydrogen) atoms. The second-order valence-electron chi connectivity index (χ2n) is 5.02. The van der Waals surface area contributed by atoms with E-state index in [1.54, 1.807) is 12.2 Å². The van der Waals surface area contributed by atoms with E-state index in [9.17, 15) is 9.59 Å². The van der Waals surface area contributed by atoms with Gasteiger partial charge in [-0.3, -0.25) is 4.79 Å². The maximum atomic E-state index is 11.5. The van der Waals surface area contributed by atoms with E-state index in [0.717, 1.165) is 0 Å². The summed E-state index contributed by atoms with van der Waals surface area (Å²) >= 11 is 0. The third-order valence-corrected chi connectivity index (χ3v) is 2.21. The number of carbonyl (C=O) groups excluding carboxylic acids is 1. The summed E-state index contributed by atoms with van der Waals surface area (Å²) < 4.78 is 0. The Hall–Kier alpha value is -1.52. The summed E-state index contributed by atoms with van der Waals surface area (Å²) in [5.74, 6) is -1.34. The third kappa shape index (κ3) is 3.92. The molecule has 1 rings (SSSR count). The van der Waals surface area contributed by atoms with Gasteiger partial charge in [0, 0.05) is 5.54 Å². The molecule has 5 heteroatoms. The maximum Gasteiger partial charge on any atom is 0.315 e. The Bertz CT molecular complexity index is 318. The fraction of sp³-hybridized carbons (Fsp3) is 0.636. The molecule has 3 N–H and O–H groups in total. The highest BCUT2D eigenvalue weighted by Crippen LogP contribution is 2.17. The molecule has 0 aromatic carbocycles. The van der Waals surface area contributed by atoms with Gasteiger partial charge in [-0.1, -0.05) is 12.2 Å². The second kappa shape index (κ2) is 4.55. The van der Waals surface area contributed by atoms with Crippen LogP contribution < -0.4 is 10.6 Å². The third-order valence-electron chi connectivity index (χ3n) is 2.21. The van der Waals surface area contributed by atoms with Gasteiger partial charge in [-0.25, -0.2) is 4.79 Å². The lowest BCUT2D eigenvalue weighted by molar-refractivity contribution is -0.140. The van der Waals surface area contributed by atoms with Crippen molar-refractivity contribution < 1.29 is 14.7 Å². The summed E-state index contributed by atoms with van der Waals surface area (Å²) in [6.45, 7) is 5.66. The van der Waals surface area contributed by atoms with Crippen LogP contribution in [0, 0.1) is 5.92 Å². The Kier molecular flexibility index (Phi) is 3.57. The first kappa shape index (κ1) is 12.5. The largest absolute Gasteiger partial charge is 0.481 e. The zero-order chi connectivity index (χ0) is 12.3. The fourth-order valence-electron chi connectivity index (χ4n) is 1.53. The normalized spacial score (nSPS) is 24.2. The number of carbonyl (C=O) groups is 2. The molecule has 0 aromatic heterocycles. The van der Waals surface area contributed by atoms with Crippen molar-refractivity contribution in [1.29, 1.82) is 0 Å². The standard InChI is InChI=1S/C11H18N2O3/c1-11(2,3)13-10(16)12-8-5-4-7(6-8)9(14)15/h4-5,7-8H,6H2,1-3H3,(H,14,15)(H2,12,13,16). The van der Waals surface area contributed by atoms with Gasteiger partial charge in [0.05, 0.1) is 12.0 Å². The minimum absolute atomic E-state index is 0.191. The summed E-state index contributed by atoms with van der Waals surface area (Å²) in [6.07, 6.45) is 3.76. The van der Waals surface area contributed by atoms with Crippen molar-refractivity contribution in [1.82, 2.24) is 10.6 Å². The molecule has 90 valence electrons. The Morgan fingerprint density at radius 1 is 1.31 bits per heavy atom. The molecule has 0 radical (unpaired) electrons. The van der Waals surface area contributed by atoms with Gasteiger partial charge in [0.1, 0.15) is 0 Å². The van der Waals surface area contributed by atoms with E-state index in [2.05, 4.69) is 10.6 Å². The molecule has 0 heterocycles. The highest BCUT2D eigenvalue weighted by atomic mass is 16.4. The van der Waals surface area contributed by atoms with E-state index >= 15 is 0 Å². The maximum absolute atomic E-state index is 11.5. The van der Waals surface area contributed by atoms with Crippen LogP contribution in [-0.4, -0.2) is 28.7 Å². The Balaban J connectivity index is 2.38. The van der Waals surface area contributed by atoms with Crippen molar-refractivity contribution in [2.75, 3.05) is 0 Å². The van der Waals surface area contributed by atoms with Crippen LogP contribution in [0.1, 0.15) is 27.2 Å². The zero-order valence-corrected chi connectivity index (χ0v) is 9.78. The van der Waals surface area contributed by atoms with Crippen molar-refractivity contribution in [3.63, 3.8) is 0 Å². The van der Waals surface area contributed by atoms with Crippen molar-refractivity contribution in [2.24, 2.45) is 5.92 Å². The van der Waals surface area contributed by atoms with E-state index in [4.69, 9.17) is 5.11 Å². The Morgan fingerprint density at radius 3 is 2.38 bits per heavy atom. The average Bonchev–Trinajstić information content (AvgIpc) is 2.48. The molecule has 0 aliphatic heterocycles. The topological polar surface area (TPSA) is 78.4 Å². The van der Waals surface area contributed by atoms with E-state index in [-0.39, 0.29) is 17.6 Å². The smallest absolute Gasteiger partial charge is 0.315 e. The number of urea groups is 1. The van der Waals surface area contributed by atoms with E-state index in [1.807, 2.05) is 20.8 Å². The first-order valence-corrected chi connectivity index (χ1v) is 5.28. The van der Waals surface area contributed by atoms with E-state index in [0.29, 0.717) is 6.42 Å². The predicted octanol–water partition coefficient (Wildman–Crippen LogP) is 1.11. The summed E-state index contributed by atoms with van der Waals surface area (Å²) in [4.78, 5) is 22.2. The van der Waals surface area contributed by atoms with Crippen molar-refractivity contribution in [3.8, 4) is 0 Å². The van der Waals surface area contributed by atoms with Crippen LogP contribution >= 0.6 is 0 Å². The second-order valence-corrected chi connectivity index (χ2v) is 5.02. The highest BCUT2D eigenvalue weighted by molar-refractivity contribution is 5.76. The van der Waals surface area contributed by atoms with Gasteiger partial charge >= 0.3 is 12.0 Å². The molecule has 0 spiro atoms. The van der Waals surface area contributed by atoms with Gasteiger partial charge < -0.3 is 15.7 Å². The molecule has 0 fully saturated rings. The van der Waals surface area contributed by atoms with Gasteiger partial charge in [0.15, 0.2) is 0 Å². The van der Waals surface area contributed by atoms with Crippen molar-refractivity contribution in [2.45, 2.75) is 38.8 Å². The molecule has 0 saturated heterocycles. The number of carboxylic acid groups (broad SMARTS) is 1. The predicted molar refractivity (Wildman–Crippen MR) is 60.1 cm³/mol. The monoisotopic (exact) mass is 226 g/mol. The number of aliphatic carboxylic acids is 1. The number of carboxylic acids is 1. The van der Waals surface area contributed by atoms with E-state index in [1.165, 1.54) is 0 Å². The molecule has 2 atom stereocenters. The van der Waals surface area contributed by atoms with Gasteiger partial charge in [-0.15, -0.1) is 0 Å². The molecule has 2 amide bonds. The molecule has 0 saturated carbocycles. The molecule has 0 bridgehead atoms. The molecule has 1 aliphatic carbocycles. The van der Waals surface area contributed by atoms with Crippen LogP contribution in [0.2, 0.25) is 0 Å². The first-order chi connectivity index (χ1) is 7.28. The number of rotatable bonds is 2. The lowest BCUT2D eigenvalue weighted by Gasteiger charge is -2.22. The van der Waals surface area contributed by atoms with Crippen LogP contribution in [0.15, 0.2) is 12.2 Å². The van der Waals surface area contributed by atoms with Gasteiger partial charge in [-0.05, 0) is 27.2 Å². The minimum Gasteiger partial charge on any atom is -0.481 e. The average molecular weight is 226 g/mol. The molecular weight excluding hydrogens is 208 g/mol. The van der Waals surface area contributed by atoms with E-state index < -0.39 is 11.9 Å². The van der Waals surface area contributed by atoms with Gasteiger partial charge in [0.25, 0.3) is 0 Å². The number of amides is 2. The number of hydrogen-bond acceptors (Lipinski definition) is 2. The first-order valence-electron chi connectivity index (χ1n) is 5.28. The highest BCUT2D eigenvalue weighted by Gasteiger charge is 2.26. The Morgan fingerprint density at radius 2 is 1.94 bits per heavy atom. The van der Waals surface area contributed by atoms with Gasteiger partial charge in [-0.2, -0.15) is 0 Å². The molecule has 1 aliphatic rings. The number of nitrogens with one attached hydrogen (secondary N) is 2. The van der Waals surface area contributed by atoms with Crippen LogP contribution in [-0.2, 0) is 4.79 Å².